The maximum atomic E-state index is 12.3. The summed E-state index contributed by atoms with van der Waals surface area (Å²) in [6, 6.07) is 12.1. The molecule has 150 valence electrons. The minimum absolute atomic E-state index is 0.00104. The van der Waals surface area contributed by atoms with E-state index in [1.165, 1.54) is 4.68 Å². The lowest BCUT2D eigenvalue weighted by Gasteiger charge is -2.18. The quantitative estimate of drug-likeness (QED) is 0.477. The lowest BCUT2D eigenvalue weighted by atomic mass is 10.2. The Morgan fingerprint density at radius 2 is 1.97 bits per heavy atom. The number of benzene rings is 2. The average Bonchev–Trinajstić information content (AvgIpc) is 3.12. The van der Waals surface area contributed by atoms with E-state index in [2.05, 4.69) is 10.6 Å². The first-order valence-electron chi connectivity index (χ1n) is 8.70. The number of methoxy groups -OCH3 is 1. The van der Waals surface area contributed by atoms with Gasteiger partial charge in [0, 0.05) is 23.9 Å². The fourth-order valence-corrected chi connectivity index (χ4v) is 3.46. The van der Waals surface area contributed by atoms with Crippen molar-refractivity contribution in [3.63, 3.8) is 0 Å². The van der Waals surface area contributed by atoms with E-state index in [-0.39, 0.29) is 16.7 Å². The van der Waals surface area contributed by atoms with Crippen LogP contribution in [-0.4, -0.2) is 37.3 Å². The van der Waals surface area contributed by atoms with Gasteiger partial charge in [-0.05, 0) is 40.7 Å². The van der Waals surface area contributed by atoms with Crippen LogP contribution in [0.1, 0.15) is 0 Å². The molecule has 0 atom stereocenters. The molecule has 1 aliphatic heterocycles. The molecule has 9 nitrogen and oxygen atoms in total. The third-order valence-corrected chi connectivity index (χ3v) is 5.07. The number of hydrogen-bond donors (Lipinski definition) is 1. The molecule has 2 heterocycles. The van der Waals surface area contributed by atoms with Crippen molar-refractivity contribution in [3.8, 4) is 28.9 Å². The number of nitrogens with one attached hydrogen (secondary N) is 1. The topological polar surface area (TPSA) is 110 Å². The molecule has 0 saturated carbocycles. The maximum Gasteiger partial charge on any atom is 0.298 e. The van der Waals surface area contributed by atoms with Crippen molar-refractivity contribution in [2.24, 2.45) is 0 Å². The first-order chi connectivity index (χ1) is 14.1. The van der Waals surface area contributed by atoms with Crippen molar-refractivity contribution in [3.05, 3.63) is 42.5 Å². The molecule has 1 aliphatic rings. The van der Waals surface area contributed by atoms with Crippen molar-refractivity contribution < 1.29 is 33.3 Å². The molecule has 0 spiro atoms. The van der Waals surface area contributed by atoms with E-state index in [4.69, 9.17) is 18.7 Å². The Balaban J connectivity index is 1.42. The molecule has 0 saturated heterocycles. The van der Waals surface area contributed by atoms with Crippen molar-refractivity contribution in [2.45, 2.75) is 5.03 Å². The van der Waals surface area contributed by atoms with Crippen LogP contribution in [0.25, 0.3) is 5.69 Å². The molecular weight excluding hydrogens is 398 g/mol. The Bertz CT molecular complexity index is 1020. The van der Waals surface area contributed by atoms with Gasteiger partial charge in [0.05, 0.1) is 18.1 Å². The van der Waals surface area contributed by atoms with Gasteiger partial charge in [-0.3, -0.25) is 4.79 Å². The largest absolute Gasteiger partial charge is 0.538 e. The van der Waals surface area contributed by atoms with Gasteiger partial charge < -0.3 is 29.2 Å². The summed E-state index contributed by atoms with van der Waals surface area (Å²) in [6.45, 7) is 0.963. The average molecular weight is 415 g/mol. The van der Waals surface area contributed by atoms with Gasteiger partial charge in [-0.2, -0.15) is 0 Å². The molecule has 29 heavy (non-hydrogen) atoms. The summed E-state index contributed by atoms with van der Waals surface area (Å²) in [6.07, 6.45) is 0. The molecule has 0 radical (unpaired) electrons. The van der Waals surface area contributed by atoms with Gasteiger partial charge in [0.15, 0.2) is 17.4 Å². The van der Waals surface area contributed by atoms with E-state index in [1.54, 1.807) is 49.6 Å². The van der Waals surface area contributed by atoms with Gasteiger partial charge in [-0.25, -0.2) is 0 Å². The van der Waals surface area contributed by atoms with Crippen LogP contribution in [0, 0.1) is 0 Å². The molecule has 4 rings (SSSR count). The molecule has 0 bridgehead atoms. The first-order valence-corrected chi connectivity index (χ1v) is 9.68. The summed E-state index contributed by atoms with van der Waals surface area (Å²) in [5.74, 6) is 1.00. The molecule has 0 aliphatic carbocycles. The van der Waals surface area contributed by atoms with E-state index in [1.807, 2.05) is 0 Å². The zero-order valence-corrected chi connectivity index (χ0v) is 16.2. The summed E-state index contributed by atoms with van der Waals surface area (Å²) >= 11 is 1.04. The number of nitrogens with zero attached hydrogens (tertiary/aromatic N) is 2. The lowest BCUT2D eigenvalue weighted by Crippen LogP contribution is -2.35. The molecule has 1 aromatic heterocycles. The second-order valence-corrected chi connectivity index (χ2v) is 6.93. The van der Waals surface area contributed by atoms with Crippen molar-refractivity contribution in [1.82, 2.24) is 5.27 Å². The van der Waals surface area contributed by atoms with Gasteiger partial charge >= 0.3 is 0 Å². The van der Waals surface area contributed by atoms with E-state index in [0.717, 1.165) is 11.8 Å². The Hall–Kier alpha value is -3.40. The fraction of sp³-hybridized carbons (Fsp3) is 0.211. The Kier molecular flexibility index (Phi) is 5.43. The minimum atomic E-state index is -0.613. The number of aromatic nitrogens is 2. The lowest BCUT2D eigenvalue weighted by molar-refractivity contribution is -0.705. The smallest absolute Gasteiger partial charge is 0.298 e. The molecule has 10 heteroatoms. The summed E-state index contributed by atoms with van der Waals surface area (Å²) < 4.78 is 22.2. The van der Waals surface area contributed by atoms with Crippen LogP contribution >= 0.6 is 11.8 Å². The van der Waals surface area contributed by atoms with Crippen LogP contribution in [0.3, 0.4) is 0 Å². The number of carbonyl (C=O) groups excluding carboxylic acids is 1. The maximum absolute atomic E-state index is 12.3. The monoisotopic (exact) mass is 415 g/mol. The third-order valence-electron chi connectivity index (χ3n) is 4.06. The summed E-state index contributed by atoms with van der Waals surface area (Å²) in [5.41, 5.74) is 1.20. The van der Waals surface area contributed by atoms with Crippen LogP contribution in [0.4, 0.5) is 5.69 Å². The number of ether oxygens (including phenoxy) is 3. The number of fused-ring (bicyclic) bond motifs is 1. The van der Waals surface area contributed by atoms with Gasteiger partial charge in [0.1, 0.15) is 19.0 Å². The molecule has 2 aromatic carbocycles. The Labute approximate surface area is 170 Å². The van der Waals surface area contributed by atoms with Crippen LogP contribution in [0.15, 0.2) is 52.0 Å². The van der Waals surface area contributed by atoms with E-state index >= 15 is 0 Å². The fourth-order valence-electron chi connectivity index (χ4n) is 2.70. The second-order valence-electron chi connectivity index (χ2n) is 5.97. The Morgan fingerprint density at radius 1 is 1.21 bits per heavy atom. The molecule has 0 fully saturated rings. The van der Waals surface area contributed by atoms with E-state index in [0.29, 0.717) is 41.8 Å². The summed E-state index contributed by atoms with van der Waals surface area (Å²) in [5, 5.41) is 18.7. The van der Waals surface area contributed by atoms with Crippen LogP contribution < -0.4 is 29.3 Å². The number of carbonyl (C=O) groups is 1. The number of rotatable bonds is 6. The highest BCUT2D eigenvalue weighted by Gasteiger charge is 2.22. The summed E-state index contributed by atoms with van der Waals surface area (Å²) in [7, 11) is 1.57. The van der Waals surface area contributed by atoms with Gasteiger partial charge in [-0.15, -0.1) is 0 Å². The number of anilines is 1. The van der Waals surface area contributed by atoms with Crippen molar-refractivity contribution in [2.75, 3.05) is 31.4 Å². The minimum Gasteiger partial charge on any atom is -0.538 e. The highest BCUT2D eigenvalue weighted by Crippen LogP contribution is 2.32. The number of thioether (sulfide) groups is 1. The molecule has 3 aromatic rings. The second kappa shape index (κ2) is 8.31. The zero-order chi connectivity index (χ0) is 20.2. The van der Waals surface area contributed by atoms with E-state index < -0.39 is 5.95 Å². The highest BCUT2D eigenvalue weighted by atomic mass is 32.2. The van der Waals surface area contributed by atoms with Crippen molar-refractivity contribution in [1.29, 1.82) is 0 Å². The normalized spacial score (nSPS) is 12.4. The molecular formula is C19H17N3O6S. The van der Waals surface area contributed by atoms with Crippen molar-refractivity contribution >= 4 is 23.4 Å². The van der Waals surface area contributed by atoms with Crippen LogP contribution in [0.5, 0.6) is 23.2 Å². The number of hydrogen-bond acceptors (Lipinski definition) is 8. The first kappa shape index (κ1) is 18.9. The standard InChI is InChI=1S/C19H17N3O6S/c1-25-14-5-3-13(4-6-14)22-18(19(24)28-21-22)29-11-17(23)20-12-2-7-15-16(10-12)27-9-8-26-15/h2-7,10H,8-9,11H2,1H3,(H-,20,21,23,24). The highest BCUT2D eigenvalue weighted by molar-refractivity contribution is 7.99. The SMILES string of the molecule is COc1ccc(-[n+]2noc([O-])c2SCC(=O)Nc2ccc3c(c2)OCCO3)cc1. The summed E-state index contributed by atoms with van der Waals surface area (Å²) in [4.78, 5) is 12.3. The predicted molar refractivity (Wildman–Crippen MR) is 101 cm³/mol. The number of amides is 1. The van der Waals surface area contributed by atoms with E-state index in [9.17, 15) is 9.90 Å². The van der Waals surface area contributed by atoms with Crippen LogP contribution in [-0.2, 0) is 4.79 Å². The van der Waals surface area contributed by atoms with Gasteiger partial charge in [0.2, 0.25) is 11.6 Å². The molecule has 1 N–H and O–H groups in total. The molecule has 1 amide bonds. The zero-order valence-electron chi connectivity index (χ0n) is 15.4. The third kappa shape index (κ3) is 4.21. The van der Waals surface area contributed by atoms with Gasteiger partial charge in [0.25, 0.3) is 5.03 Å². The molecule has 0 unspecified atom stereocenters. The van der Waals surface area contributed by atoms with Crippen LogP contribution in [0.2, 0.25) is 0 Å². The Morgan fingerprint density at radius 3 is 2.72 bits per heavy atom. The van der Waals surface area contributed by atoms with Gasteiger partial charge in [-0.1, -0.05) is 0 Å². The predicted octanol–water partition coefficient (Wildman–Crippen LogP) is 1.54.